The number of aromatic nitrogens is 4. The molecule has 1 aliphatic heterocycles. The summed E-state index contributed by atoms with van der Waals surface area (Å²) in [7, 11) is 1.66. The number of imidazole rings is 1. The second kappa shape index (κ2) is 9.23. The van der Waals surface area contributed by atoms with E-state index in [-0.39, 0.29) is 36.3 Å². The van der Waals surface area contributed by atoms with Crippen molar-refractivity contribution in [1.29, 1.82) is 0 Å². The smallest absolute Gasteiger partial charge is 0.278 e. The summed E-state index contributed by atoms with van der Waals surface area (Å²) >= 11 is 0. The molecule has 1 aromatic carbocycles. The van der Waals surface area contributed by atoms with E-state index in [1.165, 1.54) is 17.0 Å². The number of hydrogen-bond acceptors (Lipinski definition) is 6. The van der Waals surface area contributed by atoms with E-state index in [1.807, 2.05) is 0 Å². The molecular weight excluding hydrogens is 423 g/mol. The van der Waals surface area contributed by atoms with E-state index in [4.69, 9.17) is 4.52 Å². The molecule has 0 fully saturated rings. The van der Waals surface area contributed by atoms with E-state index in [2.05, 4.69) is 33.2 Å². The van der Waals surface area contributed by atoms with Crippen molar-refractivity contribution in [3.63, 3.8) is 0 Å². The molecule has 1 amide bonds. The zero-order chi connectivity index (χ0) is 21.3. The van der Waals surface area contributed by atoms with Crippen molar-refractivity contribution in [3.05, 3.63) is 72.7 Å². The summed E-state index contributed by atoms with van der Waals surface area (Å²) in [6.07, 6.45) is 5.18. The van der Waals surface area contributed by atoms with Crippen molar-refractivity contribution < 1.29 is 13.7 Å². The summed E-state index contributed by atoms with van der Waals surface area (Å²) < 4.78 is 21.0. The second-order valence-electron chi connectivity index (χ2n) is 7.02. The molecule has 0 atom stereocenters. The molecule has 3 aromatic rings. The summed E-state index contributed by atoms with van der Waals surface area (Å²) in [5, 5.41) is 4.06. The van der Waals surface area contributed by atoms with Crippen molar-refractivity contribution >= 4 is 18.3 Å². The lowest BCUT2D eigenvalue weighted by atomic mass is 10.1. The van der Waals surface area contributed by atoms with E-state index in [0.717, 1.165) is 0 Å². The molecule has 31 heavy (non-hydrogen) atoms. The highest BCUT2D eigenvalue weighted by atomic mass is 35.5. The quantitative estimate of drug-likeness (QED) is 0.520. The molecule has 0 aliphatic carbocycles. The Balaban J connectivity index is 0.00000272. The number of fused-ring (bicyclic) bond motifs is 3. The molecule has 162 valence electrons. The Bertz CT molecular complexity index is 1120. The number of carbonyl (C=O) groups is 1. The van der Waals surface area contributed by atoms with Crippen LogP contribution >= 0.6 is 12.4 Å². The Morgan fingerprint density at radius 2 is 2.03 bits per heavy atom. The van der Waals surface area contributed by atoms with Gasteiger partial charge in [0.25, 0.3) is 11.8 Å². The Labute approximate surface area is 185 Å². The minimum absolute atomic E-state index is 0. The maximum absolute atomic E-state index is 13.7. The van der Waals surface area contributed by atoms with Gasteiger partial charge < -0.3 is 9.42 Å². The molecule has 0 bridgehead atoms. The molecule has 2 aromatic heterocycles. The largest absolute Gasteiger partial charge is 0.336 e. The Hall–Kier alpha value is -3.30. The van der Waals surface area contributed by atoms with Crippen LogP contribution in [0.4, 0.5) is 4.39 Å². The van der Waals surface area contributed by atoms with Gasteiger partial charge in [0.15, 0.2) is 11.5 Å². The van der Waals surface area contributed by atoms with Crippen molar-refractivity contribution in [1.82, 2.24) is 29.5 Å². The average molecular weight is 445 g/mol. The fourth-order valence-corrected chi connectivity index (χ4v) is 3.49. The molecule has 0 radical (unpaired) electrons. The van der Waals surface area contributed by atoms with Crippen molar-refractivity contribution in [3.8, 4) is 17.3 Å². The predicted molar refractivity (Wildman–Crippen MR) is 116 cm³/mol. The van der Waals surface area contributed by atoms with Crippen LogP contribution in [0.5, 0.6) is 0 Å². The van der Waals surface area contributed by atoms with Crippen molar-refractivity contribution in [2.75, 3.05) is 20.1 Å². The van der Waals surface area contributed by atoms with Crippen LogP contribution in [0.3, 0.4) is 0 Å². The van der Waals surface area contributed by atoms with Gasteiger partial charge in [0.05, 0.1) is 30.0 Å². The summed E-state index contributed by atoms with van der Waals surface area (Å²) in [4.78, 5) is 25.2. The maximum Gasteiger partial charge on any atom is 0.278 e. The third-order valence-electron chi connectivity index (χ3n) is 4.86. The molecule has 0 saturated carbocycles. The first-order chi connectivity index (χ1) is 14.5. The highest BCUT2D eigenvalue weighted by Crippen LogP contribution is 2.30. The van der Waals surface area contributed by atoms with Crippen LogP contribution in [0, 0.1) is 5.82 Å². The molecule has 1 aliphatic rings. The number of amides is 1. The van der Waals surface area contributed by atoms with Gasteiger partial charge in [0.2, 0.25) is 0 Å². The molecule has 3 heterocycles. The first-order valence-electron chi connectivity index (χ1n) is 9.40. The van der Waals surface area contributed by atoms with Crippen LogP contribution in [0.1, 0.15) is 21.9 Å². The van der Waals surface area contributed by atoms with E-state index in [1.54, 1.807) is 36.2 Å². The van der Waals surface area contributed by atoms with Crippen LogP contribution in [0.25, 0.3) is 17.3 Å². The van der Waals surface area contributed by atoms with Crippen LogP contribution in [0.15, 0.2) is 54.4 Å². The minimum Gasteiger partial charge on any atom is -0.336 e. The molecule has 10 heteroatoms. The van der Waals surface area contributed by atoms with Gasteiger partial charge >= 0.3 is 0 Å². The van der Waals surface area contributed by atoms with E-state index < -0.39 is 5.82 Å². The number of carbonyl (C=O) groups excluding carboxylic acids is 1. The highest BCUT2D eigenvalue weighted by Gasteiger charge is 2.29. The molecule has 0 spiro atoms. The molecule has 4 rings (SSSR count). The molecule has 8 nitrogen and oxygen atoms in total. The Morgan fingerprint density at radius 1 is 1.29 bits per heavy atom. The number of hydrogen-bond donors (Lipinski definition) is 0. The number of halogens is 2. The topological polar surface area (TPSA) is 80.3 Å². The van der Waals surface area contributed by atoms with Crippen LogP contribution in [-0.2, 0) is 13.1 Å². The van der Waals surface area contributed by atoms with Gasteiger partial charge in [-0.25, -0.2) is 9.37 Å². The van der Waals surface area contributed by atoms with Crippen LogP contribution in [0.2, 0.25) is 0 Å². The Kier molecular flexibility index (Phi) is 6.67. The number of benzene rings is 1. The summed E-state index contributed by atoms with van der Waals surface area (Å²) in [5.41, 5.74) is 2.03. The molecule has 0 N–H and O–H groups in total. The lowest BCUT2D eigenvalue weighted by Crippen LogP contribution is -2.25. The molecular formula is C21H22ClFN6O2. The third-order valence-corrected chi connectivity index (χ3v) is 4.86. The summed E-state index contributed by atoms with van der Waals surface area (Å²) in [6.45, 7) is 9.57. The lowest BCUT2D eigenvalue weighted by Gasteiger charge is -2.15. The van der Waals surface area contributed by atoms with E-state index >= 15 is 0 Å². The fraction of sp³-hybridized carbons (Fsp3) is 0.238. The minimum atomic E-state index is -0.468. The maximum atomic E-state index is 13.7. The van der Waals surface area contributed by atoms with E-state index in [9.17, 15) is 9.18 Å². The molecule has 0 saturated heterocycles. The highest BCUT2D eigenvalue weighted by molar-refractivity contribution is 5.98. The first-order valence-corrected chi connectivity index (χ1v) is 9.40. The van der Waals surface area contributed by atoms with Gasteiger partial charge in [0, 0.05) is 20.1 Å². The standard InChI is InChI=1S/C21H21FN6O2.ClH/c1-4-8-27(9-5-2)12-18-24-20(30-25-18)19-17-11-26(3)21(29)15-10-14(22)6-7-16(15)28(17)13-23-19;/h4-7,10,13H,1-2,8-9,11-12H2,3H3;1H. The third kappa shape index (κ3) is 4.28. The average Bonchev–Trinajstić information content (AvgIpc) is 3.32. The number of rotatable bonds is 7. The zero-order valence-corrected chi connectivity index (χ0v) is 17.8. The second-order valence-corrected chi connectivity index (χ2v) is 7.02. The monoisotopic (exact) mass is 444 g/mol. The van der Waals surface area contributed by atoms with Crippen LogP contribution in [-0.4, -0.2) is 55.5 Å². The van der Waals surface area contributed by atoms with Gasteiger partial charge in [-0.3, -0.25) is 14.3 Å². The molecule has 0 unspecified atom stereocenters. The normalized spacial score (nSPS) is 12.7. The summed E-state index contributed by atoms with van der Waals surface area (Å²) in [6, 6.07) is 4.12. The van der Waals surface area contributed by atoms with Crippen molar-refractivity contribution in [2.24, 2.45) is 0 Å². The van der Waals surface area contributed by atoms with Gasteiger partial charge in [-0.15, -0.1) is 25.6 Å². The lowest BCUT2D eigenvalue weighted by molar-refractivity contribution is 0.0787. The summed E-state index contributed by atoms with van der Waals surface area (Å²) in [5.74, 6) is 0.0394. The SMILES string of the molecule is C=CCN(CC=C)Cc1noc(-c2ncn3c2CN(C)C(=O)c2cc(F)ccc2-3)n1.Cl. The fourth-order valence-electron chi connectivity index (χ4n) is 3.49. The predicted octanol–water partition coefficient (Wildman–Crippen LogP) is 3.24. The van der Waals surface area contributed by atoms with E-state index in [0.29, 0.717) is 42.5 Å². The van der Waals surface area contributed by atoms with Gasteiger partial charge in [-0.2, -0.15) is 4.98 Å². The zero-order valence-electron chi connectivity index (χ0n) is 17.0. The van der Waals surface area contributed by atoms with Crippen LogP contribution < -0.4 is 0 Å². The van der Waals surface area contributed by atoms with Gasteiger partial charge in [0.1, 0.15) is 12.1 Å². The Morgan fingerprint density at radius 3 is 2.74 bits per heavy atom. The van der Waals surface area contributed by atoms with Gasteiger partial charge in [-0.05, 0) is 18.2 Å². The van der Waals surface area contributed by atoms with Crippen molar-refractivity contribution in [2.45, 2.75) is 13.1 Å². The number of nitrogens with zero attached hydrogens (tertiary/aromatic N) is 6. The van der Waals surface area contributed by atoms with Gasteiger partial charge in [-0.1, -0.05) is 17.3 Å². The first kappa shape index (κ1) is 22.4.